The smallest absolute Gasteiger partial charge is 0.402 e. The highest BCUT2D eigenvalue weighted by molar-refractivity contribution is 7.90. The highest BCUT2D eigenvalue weighted by Crippen LogP contribution is 2.18. The minimum absolute atomic E-state index is 0.0220. The zero-order chi connectivity index (χ0) is 12.4. The molecule has 0 aromatic carbocycles. The molecule has 0 fully saturated rings. The van der Waals surface area contributed by atoms with Gasteiger partial charge in [-0.2, -0.15) is 17.5 Å². The Balaban J connectivity index is 4.83. The predicted octanol–water partition coefficient (Wildman–Crippen LogP) is 0.283. The predicted molar refractivity (Wildman–Crippen MR) is 44.7 cm³/mol. The van der Waals surface area contributed by atoms with Gasteiger partial charge in [-0.25, -0.2) is 8.42 Å². The number of carbonyl (C=O) groups is 1. The Morgan fingerprint density at radius 2 is 1.87 bits per heavy atom. The van der Waals surface area contributed by atoms with Crippen LogP contribution in [-0.4, -0.2) is 48.8 Å². The van der Waals surface area contributed by atoms with Crippen LogP contribution < -0.4 is 0 Å². The second-order valence-corrected chi connectivity index (χ2v) is 5.26. The molecule has 5 nitrogen and oxygen atoms in total. The molecule has 0 saturated carbocycles. The summed E-state index contributed by atoms with van der Waals surface area (Å²) >= 11 is 0. The van der Waals surface area contributed by atoms with E-state index in [1.807, 2.05) is 0 Å². The molecule has 15 heavy (non-hydrogen) atoms. The molecule has 0 aromatic rings. The second-order valence-electron chi connectivity index (χ2n) is 2.90. The molecule has 0 rings (SSSR count). The van der Waals surface area contributed by atoms with E-state index in [-0.39, 0.29) is 4.31 Å². The van der Waals surface area contributed by atoms with Gasteiger partial charge in [0, 0.05) is 7.05 Å². The molecule has 0 amide bonds. The average molecular weight is 249 g/mol. The summed E-state index contributed by atoms with van der Waals surface area (Å²) in [7, 11) is -3.77. The van der Waals surface area contributed by atoms with E-state index < -0.39 is 34.0 Å². The maximum absolute atomic E-state index is 11.8. The van der Waals surface area contributed by atoms with Gasteiger partial charge in [0.25, 0.3) is 0 Å². The van der Waals surface area contributed by atoms with Crippen molar-refractivity contribution >= 4 is 16.0 Å². The standard InChI is InChI=1S/C6H10F3NO4S/c1-4(5(11)12)15(13,14)10(2)3-6(7,8)9/h4H,3H2,1-2H3,(H,11,12). The van der Waals surface area contributed by atoms with E-state index in [1.54, 1.807) is 0 Å². The maximum atomic E-state index is 11.8. The molecule has 90 valence electrons. The third-order valence-corrected chi connectivity index (χ3v) is 3.72. The van der Waals surface area contributed by atoms with Crippen molar-refractivity contribution in [1.29, 1.82) is 0 Å². The highest BCUT2D eigenvalue weighted by atomic mass is 32.2. The fraction of sp³-hybridized carbons (Fsp3) is 0.833. The molecule has 0 aliphatic heterocycles. The number of alkyl halides is 3. The van der Waals surface area contributed by atoms with Crippen LogP contribution >= 0.6 is 0 Å². The molecule has 9 heteroatoms. The topological polar surface area (TPSA) is 74.7 Å². The molecule has 1 atom stereocenters. The Morgan fingerprint density at radius 1 is 1.47 bits per heavy atom. The number of rotatable bonds is 4. The largest absolute Gasteiger partial charge is 0.480 e. The summed E-state index contributed by atoms with van der Waals surface area (Å²) in [6.45, 7) is -0.891. The Bertz CT molecular complexity index is 337. The van der Waals surface area contributed by atoms with Crippen LogP contribution in [0.2, 0.25) is 0 Å². The summed E-state index contributed by atoms with van der Waals surface area (Å²) in [5.74, 6) is -1.69. The van der Waals surface area contributed by atoms with E-state index in [4.69, 9.17) is 5.11 Å². The van der Waals surface area contributed by atoms with Crippen LogP contribution in [-0.2, 0) is 14.8 Å². The number of sulfonamides is 1. The molecule has 0 aliphatic carbocycles. The van der Waals surface area contributed by atoms with Crippen molar-refractivity contribution in [1.82, 2.24) is 4.31 Å². The van der Waals surface area contributed by atoms with Crippen molar-refractivity contribution in [3.63, 3.8) is 0 Å². The van der Waals surface area contributed by atoms with Gasteiger partial charge < -0.3 is 5.11 Å². The summed E-state index contributed by atoms with van der Waals surface area (Å²) in [5, 5.41) is 6.48. The maximum Gasteiger partial charge on any atom is 0.402 e. The third kappa shape index (κ3) is 4.04. The van der Waals surface area contributed by atoms with Gasteiger partial charge in [0.2, 0.25) is 10.0 Å². The SMILES string of the molecule is CC(C(=O)O)S(=O)(=O)N(C)CC(F)(F)F. The van der Waals surface area contributed by atoms with Crippen LogP contribution in [0.1, 0.15) is 6.92 Å². The Labute approximate surface area is 84.5 Å². The lowest BCUT2D eigenvalue weighted by atomic mass is 10.5. The van der Waals surface area contributed by atoms with Crippen LogP contribution in [0, 0.1) is 0 Å². The van der Waals surface area contributed by atoms with Crippen LogP contribution in [0.5, 0.6) is 0 Å². The zero-order valence-corrected chi connectivity index (χ0v) is 8.76. The number of nitrogens with zero attached hydrogens (tertiary/aromatic N) is 1. The first-order valence-electron chi connectivity index (χ1n) is 3.73. The fourth-order valence-electron chi connectivity index (χ4n) is 0.740. The summed E-state index contributed by atoms with van der Waals surface area (Å²) in [4.78, 5) is 10.3. The van der Waals surface area contributed by atoms with Crippen molar-refractivity contribution < 1.29 is 31.5 Å². The molecule has 0 heterocycles. The van der Waals surface area contributed by atoms with E-state index in [0.717, 1.165) is 6.92 Å². The van der Waals surface area contributed by atoms with Crippen molar-refractivity contribution in [2.24, 2.45) is 0 Å². The normalized spacial score (nSPS) is 15.3. The highest BCUT2D eigenvalue weighted by Gasteiger charge is 2.38. The van der Waals surface area contributed by atoms with Crippen molar-refractivity contribution in [2.75, 3.05) is 13.6 Å². The van der Waals surface area contributed by atoms with Gasteiger partial charge in [-0.05, 0) is 6.92 Å². The number of aliphatic carboxylic acids is 1. The minimum Gasteiger partial charge on any atom is -0.480 e. The molecule has 0 radical (unpaired) electrons. The molecule has 1 N–H and O–H groups in total. The van der Waals surface area contributed by atoms with Gasteiger partial charge in [0.1, 0.15) is 6.54 Å². The van der Waals surface area contributed by atoms with Crippen LogP contribution in [0.25, 0.3) is 0 Å². The lowest BCUT2D eigenvalue weighted by molar-refractivity contribution is -0.138. The number of halogens is 3. The van der Waals surface area contributed by atoms with Gasteiger partial charge in [-0.15, -0.1) is 0 Å². The number of carboxylic acid groups (broad SMARTS) is 1. The molecule has 0 spiro atoms. The van der Waals surface area contributed by atoms with Gasteiger partial charge in [-0.1, -0.05) is 0 Å². The van der Waals surface area contributed by atoms with Crippen LogP contribution in [0.3, 0.4) is 0 Å². The van der Waals surface area contributed by atoms with E-state index in [9.17, 15) is 26.4 Å². The van der Waals surface area contributed by atoms with Crippen LogP contribution in [0.15, 0.2) is 0 Å². The summed E-state index contributed by atoms with van der Waals surface area (Å²) in [6, 6.07) is 0. The van der Waals surface area contributed by atoms with E-state index in [2.05, 4.69) is 0 Å². The Morgan fingerprint density at radius 3 is 2.13 bits per heavy atom. The first-order valence-corrected chi connectivity index (χ1v) is 5.23. The summed E-state index contributed by atoms with van der Waals surface area (Å²) in [5.41, 5.74) is 0. The van der Waals surface area contributed by atoms with Gasteiger partial charge >= 0.3 is 12.1 Å². The van der Waals surface area contributed by atoms with Crippen molar-refractivity contribution in [3.8, 4) is 0 Å². The van der Waals surface area contributed by atoms with Gasteiger partial charge in [-0.3, -0.25) is 4.79 Å². The van der Waals surface area contributed by atoms with Crippen LogP contribution in [0.4, 0.5) is 13.2 Å². The summed E-state index contributed by atoms with van der Waals surface area (Å²) < 4.78 is 57.9. The zero-order valence-electron chi connectivity index (χ0n) is 7.95. The van der Waals surface area contributed by atoms with E-state index in [0.29, 0.717) is 7.05 Å². The van der Waals surface area contributed by atoms with E-state index in [1.165, 1.54) is 0 Å². The van der Waals surface area contributed by atoms with E-state index >= 15 is 0 Å². The minimum atomic E-state index is -4.69. The van der Waals surface area contributed by atoms with Gasteiger partial charge in [0.15, 0.2) is 5.25 Å². The quantitative estimate of drug-likeness (QED) is 0.776. The average Bonchev–Trinajstić information content (AvgIpc) is 1.99. The molecular weight excluding hydrogens is 239 g/mol. The second kappa shape index (κ2) is 4.35. The lowest BCUT2D eigenvalue weighted by Crippen LogP contribution is -2.43. The third-order valence-electron chi connectivity index (χ3n) is 1.63. The number of carboxylic acids is 1. The molecule has 0 saturated heterocycles. The Hall–Kier alpha value is -0.830. The van der Waals surface area contributed by atoms with Gasteiger partial charge in [0.05, 0.1) is 0 Å². The number of hydrogen-bond acceptors (Lipinski definition) is 3. The van der Waals surface area contributed by atoms with Crippen molar-refractivity contribution in [3.05, 3.63) is 0 Å². The first-order chi connectivity index (χ1) is 6.48. The fourth-order valence-corrected chi connectivity index (χ4v) is 1.86. The van der Waals surface area contributed by atoms with Crippen molar-refractivity contribution in [2.45, 2.75) is 18.3 Å². The molecule has 0 aliphatic rings. The molecular formula is C6H10F3NO4S. The number of hydrogen-bond donors (Lipinski definition) is 1. The molecule has 0 bridgehead atoms. The lowest BCUT2D eigenvalue weighted by Gasteiger charge is -2.20. The molecule has 0 aromatic heterocycles. The Kier molecular flexibility index (Phi) is 4.11. The summed E-state index contributed by atoms with van der Waals surface area (Å²) in [6.07, 6.45) is -4.69. The molecule has 1 unspecified atom stereocenters. The monoisotopic (exact) mass is 249 g/mol. The first kappa shape index (κ1) is 14.2.